The van der Waals surface area contributed by atoms with E-state index in [1.807, 2.05) is 0 Å². The van der Waals surface area contributed by atoms with Gasteiger partial charge in [0.15, 0.2) is 6.61 Å². The van der Waals surface area contributed by atoms with Crippen LogP contribution < -0.4 is 10.1 Å². The zero-order chi connectivity index (χ0) is 21.1. The quantitative estimate of drug-likeness (QED) is 0.438. The Morgan fingerprint density at radius 3 is 2.48 bits per heavy atom. The van der Waals surface area contributed by atoms with Crippen LogP contribution in [0.5, 0.6) is 5.75 Å². The maximum Gasteiger partial charge on any atom is 0.341 e. The molecule has 0 bridgehead atoms. The second-order valence-electron chi connectivity index (χ2n) is 5.97. The summed E-state index contributed by atoms with van der Waals surface area (Å²) in [5.41, 5.74) is 0.801. The van der Waals surface area contributed by atoms with Gasteiger partial charge in [0.05, 0.1) is 15.5 Å². The van der Waals surface area contributed by atoms with E-state index in [0.29, 0.717) is 14.5 Å². The van der Waals surface area contributed by atoms with Crippen LogP contribution in [0.4, 0.5) is 9.18 Å². The van der Waals surface area contributed by atoms with Gasteiger partial charge in [0.1, 0.15) is 17.3 Å². The smallest absolute Gasteiger partial charge is 0.341 e. The van der Waals surface area contributed by atoms with E-state index in [0.717, 1.165) is 4.90 Å². The van der Waals surface area contributed by atoms with E-state index < -0.39 is 30.3 Å². The van der Waals surface area contributed by atoms with Gasteiger partial charge in [0.2, 0.25) is 0 Å². The fourth-order valence-electron chi connectivity index (χ4n) is 2.61. The number of carbonyl (C=O) groups excluding carboxylic acids is 2. The third kappa shape index (κ3) is 4.83. The Morgan fingerprint density at radius 1 is 1.21 bits per heavy atom. The topological polar surface area (TPSA) is 95.9 Å². The van der Waals surface area contributed by atoms with E-state index in [-0.39, 0.29) is 23.6 Å². The fourth-order valence-corrected chi connectivity index (χ4v) is 4.06. The van der Waals surface area contributed by atoms with Crippen molar-refractivity contribution in [2.24, 2.45) is 0 Å². The molecule has 1 aliphatic heterocycles. The standard InChI is InChI=1S/C19H13Br2FN2O5/c20-12-5-10(6-13(21)17(12)29-9-16(25)26)7-15-18(27)24(19(28)23-15)8-11-3-1-2-4-14(11)22/h1-7H,8-9H2,(H,23,28)(H,25,26)/b15-7+. The Balaban J connectivity index is 1.82. The maximum atomic E-state index is 13.8. The number of carbonyl (C=O) groups is 3. The first-order chi connectivity index (χ1) is 13.8. The first kappa shape index (κ1) is 21.0. The number of aliphatic carboxylic acids is 1. The van der Waals surface area contributed by atoms with Gasteiger partial charge in [-0.1, -0.05) is 18.2 Å². The number of nitrogens with one attached hydrogen (secondary N) is 1. The zero-order valence-corrected chi connectivity index (χ0v) is 17.8. The fraction of sp³-hybridized carbons (Fsp3) is 0.105. The summed E-state index contributed by atoms with van der Waals surface area (Å²) >= 11 is 6.57. The van der Waals surface area contributed by atoms with Gasteiger partial charge in [-0.05, 0) is 61.7 Å². The molecule has 0 radical (unpaired) electrons. The summed E-state index contributed by atoms with van der Waals surface area (Å²) in [6.07, 6.45) is 1.46. The Kier molecular flexibility index (Phi) is 6.33. The third-order valence-electron chi connectivity index (χ3n) is 3.92. The van der Waals surface area contributed by atoms with Crippen LogP contribution in [0.25, 0.3) is 6.08 Å². The Labute approximate surface area is 181 Å². The maximum absolute atomic E-state index is 13.8. The second kappa shape index (κ2) is 8.75. The number of ether oxygens (including phenoxy) is 1. The summed E-state index contributed by atoms with van der Waals surface area (Å²) in [6.45, 7) is -0.707. The summed E-state index contributed by atoms with van der Waals surface area (Å²) in [4.78, 5) is 36.3. The average Bonchev–Trinajstić information content (AvgIpc) is 2.90. The van der Waals surface area contributed by atoms with Gasteiger partial charge in [-0.25, -0.2) is 14.0 Å². The summed E-state index contributed by atoms with van der Waals surface area (Å²) < 4.78 is 19.9. The predicted octanol–water partition coefficient (Wildman–Crippen LogP) is 3.91. The Bertz CT molecular complexity index is 1020. The van der Waals surface area contributed by atoms with Crippen molar-refractivity contribution in [2.45, 2.75) is 6.54 Å². The highest BCUT2D eigenvalue weighted by Crippen LogP contribution is 2.35. The van der Waals surface area contributed by atoms with Crippen molar-refractivity contribution in [2.75, 3.05) is 6.61 Å². The highest BCUT2D eigenvalue weighted by atomic mass is 79.9. The molecule has 2 aromatic carbocycles. The molecule has 7 nitrogen and oxygen atoms in total. The third-order valence-corrected chi connectivity index (χ3v) is 5.10. The molecule has 29 heavy (non-hydrogen) atoms. The summed E-state index contributed by atoms with van der Waals surface area (Å²) in [6, 6.07) is 8.47. The van der Waals surface area contributed by atoms with Crippen molar-refractivity contribution in [1.82, 2.24) is 10.2 Å². The van der Waals surface area contributed by atoms with Crippen LogP contribution in [0.1, 0.15) is 11.1 Å². The lowest BCUT2D eigenvalue weighted by Crippen LogP contribution is -2.30. The number of amides is 3. The van der Waals surface area contributed by atoms with Gasteiger partial charge in [0, 0.05) is 5.56 Å². The molecule has 10 heteroatoms. The zero-order valence-electron chi connectivity index (χ0n) is 14.6. The minimum atomic E-state index is -1.12. The van der Waals surface area contributed by atoms with Crippen molar-refractivity contribution in [3.8, 4) is 5.75 Å². The number of hydrogen-bond acceptors (Lipinski definition) is 4. The van der Waals surface area contributed by atoms with E-state index in [1.165, 1.54) is 24.3 Å². The molecule has 0 atom stereocenters. The van der Waals surface area contributed by atoms with Crippen molar-refractivity contribution in [3.63, 3.8) is 0 Å². The van der Waals surface area contributed by atoms with Crippen molar-refractivity contribution >= 4 is 55.8 Å². The number of urea groups is 1. The molecule has 3 rings (SSSR count). The van der Waals surface area contributed by atoms with Crippen molar-refractivity contribution < 1.29 is 28.6 Å². The number of imide groups is 1. The monoisotopic (exact) mass is 526 g/mol. The Hall–Kier alpha value is -2.72. The summed E-state index contributed by atoms with van der Waals surface area (Å²) in [5, 5.41) is 11.2. The van der Waals surface area contributed by atoms with E-state index in [4.69, 9.17) is 9.84 Å². The molecule has 150 valence electrons. The minimum absolute atomic E-state index is 0.0318. The lowest BCUT2D eigenvalue weighted by molar-refractivity contribution is -0.139. The van der Waals surface area contributed by atoms with Crippen LogP contribution in [-0.2, 0) is 16.1 Å². The predicted molar refractivity (Wildman–Crippen MR) is 108 cm³/mol. The molecule has 2 N–H and O–H groups in total. The van der Waals surface area contributed by atoms with Gasteiger partial charge in [-0.2, -0.15) is 0 Å². The molecular weight excluding hydrogens is 515 g/mol. The molecule has 0 aromatic heterocycles. The van der Waals surface area contributed by atoms with Crippen LogP contribution in [0, 0.1) is 5.82 Å². The number of hydrogen-bond donors (Lipinski definition) is 2. The average molecular weight is 528 g/mol. The number of nitrogens with zero attached hydrogens (tertiary/aromatic N) is 1. The largest absolute Gasteiger partial charge is 0.480 e. The van der Waals surface area contributed by atoms with Crippen LogP contribution in [0.3, 0.4) is 0 Å². The van der Waals surface area contributed by atoms with E-state index >= 15 is 0 Å². The number of rotatable bonds is 6. The first-order valence-corrected chi connectivity index (χ1v) is 9.76. The molecule has 0 saturated carbocycles. The highest BCUT2D eigenvalue weighted by molar-refractivity contribution is 9.11. The van der Waals surface area contributed by atoms with Gasteiger partial charge < -0.3 is 15.2 Å². The van der Waals surface area contributed by atoms with Crippen LogP contribution in [-0.4, -0.2) is 34.5 Å². The lowest BCUT2D eigenvalue weighted by atomic mass is 10.1. The normalized spacial score (nSPS) is 15.0. The molecule has 0 unspecified atom stereocenters. The molecule has 1 saturated heterocycles. The van der Waals surface area contributed by atoms with E-state index in [1.54, 1.807) is 18.2 Å². The van der Waals surface area contributed by atoms with E-state index in [9.17, 15) is 18.8 Å². The van der Waals surface area contributed by atoms with Crippen LogP contribution >= 0.6 is 31.9 Å². The minimum Gasteiger partial charge on any atom is -0.480 e. The van der Waals surface area contributed by atoms with Crippen LogP contribution in [0.15, 0.2) is 51.0 Å². The molecule has 0 aliphatic carbocycles. The molecule has 0 spiro atoms. The van der Waals surface area contributed by atoms with Crippen molar-refractivity contribution in [3.05, 3.63) is 68.0 Å². The molecule has 1 heterocycles. The van der Waals surface area contributed by atoms with Gasteiger partial charge in [0.25, 0.3) is 5.91 Å². The van der Waals surface area contributed by atoms with Gasteiger partial charge in [-0.15, -0.1) is 0 Å². The molecule has 3 amide bonds. The first-order valence-electron chi connectivity index (χ1n) is 8.18. The number of carboxylic acids is 1. The highest BCUT2D eigenvalue weighted by Gasteiger charge is 2.34. The SMILES string of the molecule is O=C(O)COc1c(Br)cc(/C=C2/NC(=O)N(Cc3ccccc3F)C2=O)cc1Br. The number of benzene rings is 2. The second-order valence-corrected chi connectivity index (χ2v) is 7.68. The lowest BCUT2D eigenvalue weighted by Gasteiger charge is -2.12. The Morgan fingerprint density at radius 2 is 1.86 bits per heavy atom. The molecule has 1 fully saturated rings. The van der Waals surface area contributed by atoms with E-state index in [2.05, 4.69) is 37.2 Å². The molecule has 2 aromatic rings. The summed E-state index contributed by atoms with van der Waals surface area (Å²) in [5.74, 6) is -1.92. The van der Waals surface area contributed by atoms with Gasteiger partial charge >= 0.3 is 12.0 Å². The van der Waals surface area contributed by atoms with Crippen molar-refractivity contribution in [1.29, 1.82) is 0 Å². The summed E-state index contributed by atoms with van der Waals surface area (Å²) in [7, 11) is 0. The number of halogens is 3. The van der Waals surface area contributed by atoms with Gasteiger partial charge in [-0.3, -0.25) is 9.69 Å². The molecule has 1 aliphatic rings. The molecular formula is C19H13Br2FN2O5. The number of carboxylic acid groups (broad SMARTS) is 1. The van der Waals surface area contributed by atoms with Crippen LogP contribution in [0.2, 0.25) is 0 Å².